The molecule has 1 aromatic carbocycles. The van der Waals surface area contributed by atoms with Gasteiger partial charge in [0.1, 0.15) is 4.88 Å². The fourth-order valence-corrected chi connectivity index (χ4v) is 4.65. The highest BCUT2D eigenvalue weighted by Crippen LogP contribution is 2.37. The van der Waals surface area contributed by atoms with Crippen molar-refractivity contribution in [2.45, 2.75) is 26.1 Å². The van der Waals surface area contributed by atoms with E-state index in [0.29, 0.717) is 15.0 Å². The Morgan fingerprint density at radius 1 is 1.40 bits per heavy atom. The predicted molar refractivity (Wildman–Crippen MR) is 106 cm³/mol. The maximum absolute atomic E-state index is 11.8. The summed E-state index contributed by atoms with van der Waals surface area (Å²) >= 11 is 13.1. The summed E-state index contributed by atoms with van der Waals surface area (Å²) in [6, 6.07) is 5.73. The Bertz CT molecular complexity index is 814. The summed E-state index contributed by atoms with van der Waals surface area (Å²) in [5.41, 5.74) is 0.860. The number of thiophene rings is 1. The Labute approximate surface area is 160 Å². The third kappa shape index (κ3) is 3.89. The lowest BCUT2D eigenvalue weighted by atomic mass is 10.2. The number of nitrogens with one attached hydrogen (secondary N) is 1. The number of esters is 1. The molecule has 1 saturated heterocycles. The number of carbonyl (C=O) groups is 1. The van der Waals surface area contributed by atoms with E-state index in [1.165, 1.54) is 18.4 Å². The average Bonchev–Trinajstić information content (AvgIpc) is 2.89. The molecular weight excluding hydrogens is 380 g/mol. The van der Waals surface area contributed by atoms with Crippen LogP contribution in [0.15, 0.2) is 18.2 Å². The van der Waals surface area contributed by atoms with Crippen LogP contribution in [0, 0.1) is 0 Å². The summed E-state index contributed by atoms with van der Waals surface area (Å²) in [7, 11) is 1.35. The lowest BCUT2D eigenvalue weighted by molar-refractivity contribution is -0.0473. The Kier molecular flexibility index (Phi) is 5.48. The topological polar surface area (TPSA) is 50.8 Å². The molecule has 1 fully saturated rings. The number of nitrogens with zero attached hydrogens (tertiary/aromatic N) is 1. The highest BCUT2D eigenvalue weighted by molar-refractivity contribution is 7.80. The first-order valence-electron chi connectivity index (χ1n) is 7.90. The van der Waals surface area contributed by atoms with Gasteiger partial charge in [-0.3, -0.25) is 0 Å². The monoisotopic (exact) mass is 398 g/mol. The molecule has 0 spiro atoms. The van der Waals surface area contributed by atoms with Gasteiger partial charge in [0.15, 0.2) is 5.11 Å². The second kappa shape index (κ2) is 7.45. The zero-order valence-corrected chi connectivity index (χ0v) is 16.6. The van der Waals surface area contributed by atoms with Gasteiger partial charge in [0.2, 0.25) is 0 Å². The van der Waals surface area contributed by atoms with Crippen LogP contribution in [0.5, 0.6) is 0 Å². The van der Waals surface area contributed by atoms with E-state index in [1.807, 2.05) is 32.0 Å². The lowest BCUT2D eigenvalue weighted by Gasteiger charge is -2.36. The van der Waals surface area contributed by atoms with Crippen LogP contribution < -0.4 is 5.32 Å². The van der Waals surface area contributed by atoms with Crippen LogP contribution in [0.2, 0.25) is 5.02 Å². The minimum absolute atomic E-state index is 0.143. The summed E-state index contributed by atoms with van der Waals surface area (Å²) in [6.07, 6.45) is 0.286. The van der Waals surface area contributed by atoms with Crippen molar-refractivity contribution in [2.75, 3.05) is 25.5 Å². The molecule has 1 aliphatic rings. The number of ether oxygens (including phenoxy) is 2. The molecule has 0 amide bonds. The fourth-order valence-electron chi connectivity index (χ4n) is 2.91. The summed E-state index contributed by atoms with van der Waals surface area (Å²) in [6.45, 7) is 5.60. The van der Waals surface area contributed by atoms with Crippen molar-refractivity contribution in [2.24, 2.45) is 0 Å². The van der Waals surface area contributed by atoms with Crippen LogP contribution >= 0.6 is 35.2 Å². The first kappa shape index (κ1) is 18.4. The molecule has 8 heteroatoms. The van der Waals surface area contributed by atoms with Crippen LogP contribution in [0.25, 0.3) is 10.1 Å². The maximum Gasteiger partial charge on any atom is 0.349 e. The van der Waals surface area contributed by atoms with E-state index in [0.717, 1.165) is 28.9 Å². The van der Waals surface area contributed by atoms with Gasteiger partial charge in [0.05, 0.1) is 24.3 Å². The smallest absolute Gasteiger partial charge is 0.349 e. The average molecular weight is 399 g/mol. The van der Waals surface area contributed by atoms with Gasteiger partial charge < -0.3 is 19.7 Å². The number of methoxy groups -OCH3 is 1. The molecule has 0 saturated carbocycles. The Hall–Kier alpha value is -1.41. The van der Waals surface area contributed by atoms with Crippen molar-refractivity contribution >= 4 is 62.0 Å². The van der Waals surface area contributed by atoms with E-state index in [1.54, 1.807) is 0 Å². The third-order valence-electron chi connectivity index (χ3n) is 3.96. The standard InChI is InChI=1S/C17H19ClN2O3S2/c1-9-7-20(8-10(2)23-9)17(24)19-11-4-5-12-13(6-11)25-15(14(12)18)16(21)22-3/h4-6,9-10H,7-8H2,1-3H3,(H,19,24)/t9-,10+. The van der Waals surface area contributed by atoms with E-state index >= 15 is 0 Å². The molecule has 5 nitrogen and oxygen atoms in total. The van der Waals surface area contributed by atoms with Gasteiger partial charge in [0, 0.05) is 28.9 Å². The van der Waals surface area contributed by atoms with Crippen molar-refractivity contribution in [3.05, 3.63) is 28.1 Å². The second-order valence-electron chi connectivity index (χ2n) is 6.04. The SMILES string of the molecule is COC(=O)c1sc2cc(NC(=S)N3C[C@@H](C)O[C@@H](C)C3)ccc2c1Cl. The van der Waals surface area contributed by atoms with Gasteiger partial charge in [-0.05, 0) is 44.3 Å². The molecule has 0 bridgehead atoms. The lowest BCUT2D eigenvalue weighted by Crippen LogP contribution is -2.49. The van der Waals surface area contributed by atoms with Gasteiger partial charge in [-0.15, -0.1) is 11.3 Å². The molecular formula is C17H19ClN2O3S2. The van der Waals surface area contributed by atoms with Gasteiger partial charge in [0.25, 0.3) is 0 Å². The summed E-state index contributed by atoms with van der Waals surface area (Å²) in [5, 5.41) is 5.19. The Morgan fingerprint density at radius 2 is 2.08 bits per heavy atom. The van der Waals surface area contributed by atoms with Crippen LogP contribution in [0.3, 0.4) is 0 Å². The zero-order chi connectivity index (χ0) is 18.1. The Balaban J connectivity index is 1.80. The zero-order valence-electron chi connectivity index (χ0n) is 14.2. The maximum atomic E-state index is 11.8. The van der Waals surface area contributed by atoms with Crippen LogP contribution in [-0.2, 0) is 9.47 Å². The number of hydrogen-bond acceptors (Lipinski definition) is 5. The molecule has 1 aliphatic heterocycles. The third-order valence-corrected chi connectivity index (χ3v) is 5.96. The minimum Gasteiger partial charge on any atom is -0.465 e. The summed E-state index contributed by atoms with van der Waals surface area (Å²) in [5.74, 6) is -0.424. The quantitative estimate of drug-likeness (QED) is 0.605. The number of hydrogen-bond donors (Lipinski definition) is 1. The van der Waals surface area contributed by atoms with E-state index in [-0.39, 0.29) is 12.2 Å². The van der Waals surface area contributed by atoms with Crippen LogP contribution in [0.4, 0.5) is 5.69 Å². The van der Waals surface area contributed by atoms with Crippen LogP contribution in [0.1, 0.15) is 23.5 Å². The van der Waals surface area contributed by atoms with E-state index in [4.69, 9.17) is 33.3 Å². The number of fused-ring (bicyclic) bond motifs is 1. The van der Waals surface area contributed by atoms with Crippen LogP contribution in [-0.4, -0.2) is 48.4 Å². The molecule has 2 heterocycles. The second-order valence-corrected chi connectivity index (χ2v) is 7.86. The molecule has 134 valence electrons. The normalized spacial score (nSPS) is 20.6. The first-order chi connectivity index (χ1) is 11.9. The van der Waals surface area contributed by atoms with Crippen molar-refractivity contribution in [1.82, 2.24) is 4.90 Å². The molecule has 0 aliphatic carbocycles. The molecule has 1 aromatic heterocycles. The van der Waals surface area contributed by atoms with Gasteiger partial charge in [-0.2, -0.15) is 0 Å². The summed E-state index contributed by atoms with van der Waals surface area (Å²) < 4.78 is 11.4. The number of rotatable bonds is 2. The van der Waals surface area contributed by atoms with Crippen molar-refractivity contribution in [3.63, 3.8) is 0 Å². The number of anilines is 1. The number of halogens is 1. The first-order valence-corrected chi connectivity index (χ1v) is 9.51. The minimum atomic E-state index is -0.424. The number of carbonyl (C=O) groups excluding carboxylic acids is 1. The highest BCUT2D eigenvalue weighted by Gasteiger charge is 2.24. The summed E-state index contributed by atoms with van der Waals surface area (Å²) in [4.78, 5) is 14.3. The molecule has 1 N–H and O–H groups in total. The van der Waals surface area contributed by atoms with Crippen molar-refractivity contribution in [3.8, 4) is 0 Å². The van der Waals surface area contributed by atoms with E-state index < -0.39 is 5.97 Å². The van der Waals surface area contributed by atoms with E-state index in [2.05, 4.69) is 10.2 Å². The van der Waals surface area contributed by atoms with Crippen molar-refractivity contribution in [1.29, 1.82) is 0 Å². The molecule has 0 radical (unpaired) electrons. The largest absolute Gasteiger partial charge is 0.465 e. The van der Waals surface area contributed by atoms with Gasteiger partial charge in [-0.25, -0.2) is 4.79 Å². The molecule has 25 heavy (non-hydrogen) atoms. The predicted octanol–water partition coefficient (Wildman–Crippen LogP) is 4.15. The van der Waals surface area contributed by atoms with E-state index in [9.17, 15) is 4.79 Å². The number of thiocarbonyl (C=S) groups is 1. The number of benzene rings is 1. The molecule has 2 atom stereocenters. The van der Waals surface area contributed by atoms with Gasteiger partial charge >= 0.3 is 5.97 Å². The molecule has 3 rings (SSSR count). The fraction of sp³-hybridized carbons (Fsp3) is 0.412. The Morgan fingerprint density at radius 3 is 2.72 bits per heavy atom. The molecule has 2 aromatic rings. The van der Waals surface area contributed by atoms with Crippen molar-refractivity contribution < 1.29 is 14.3 Å². The molecule has 0 unspecified atom stereocenters. The number of morpholine rings is 1. The van der Waals surface area contributed by atoms with Gasteiger partial charge in [-0.1, -0.05) is 11.6 Å². The highest BCUT2D eigenvalue weighted by atomic mass is 35.5.